The number of hydrogen-bond donors (Lipinski definition) is 2. The lowest BCUT2D eigenvalue weighted by molar-refractivity contribution is -0.140. The lowest BCUT2D eigenvalue weighted by Crippen LogP contribution is -2.45. The lowest BCUT2D eigenvalue weighted by Gasteiger charge is -2.36. The molecule has 14 heteroatoms. The third-order valence-corrected chi connectivity index (χ3v) is 12.9. The second-order valence-electron chi connectivity index (χ2n) is 14.0. The number of ether oxygens (including phenoxy) is 2. The van der Waals surface area contributed by atoms with Crippen molar-refractivity contribution in [2.45, 2.75) is 104 Å². The van der Waals surface area contributed by atoms with Gasteiger partial charge in [0.1, 0.15) is 18.0 Å². The first-order chi connectivity index (χ1) is 22.1. The number of carbonyl (C=O) groups excluding carboxylic acids is 1. The first-order valence-corrected chi connectivity index (χ1v) is 18.7. The molecule has 1 amide bonds. The highest BCUT2D eigenvalue weighted by molar-refractivity contribution is 6.73. The van der Waals surface area contributed by atoms with E-state index in [4.69, 9.17) is 19.6 Å². The average Bonchev–Trinajstić information content (AvgIpc) is 3.37. The van der Waals surface area contributed by atoms with Gasteiger partial charge in [0, 0.05) is 17.1 Å². The summed E-state index contributed by atoms with van der Waals surface area (Å²) in [5.41, 5.74) is 4.57. The Balaban J connectivity index is 2.03. The number of alkyl halides is 3. The minimum atomic E-state index is -4.88. The van der Waals surface area contributed by atoms with Crippen LogP contribution in [0, 0.1) is 0 Å². The van der Waals surface area contributed by atoms with Crippen molar-refractivity contribution in [3.8, 4) is 5.75 Å². The van der Waals surface area contributed by atoms with Gasteiger partial charge in [-0.05, 0) is 73.6 Å². The maximum atomic E-state index is 14.0. The Morgan fingerprint density at radius 3 is 2.15 bits per heavy atom. The molecule has 3 rings (SSSR count). The Kier molecular flexibility index (Phi) is 11.9. The summed E-state index contributed by atoms with van der Waals surface area (Å²) in [7, 11) is -2.18. The van der Waals surface area contributed by atoms with E-state index in [2.05, 4.69) is 25.9 Å². The number of aromatic nitrogens is 2. The molecule has 0 aliphatic rings. The van der Waals surface area contributed by atoms with Gasteiger partial charge in [-0.3, -0.25) is 0 Å². The summed E-state index contributed by atoms with van der Waals surface area (Å²) in [6.45, 7) is 16.9. The Bertz CT molecular complexity index is 1580. The third-order valence-electron chi connectivity index (χ3n) is 8.29. The standard InChI is InChI=1S/C34H49F3N4O6Si/c1-10-48(11-2,12-3)47-27(22-14-13-15-23(38)18-22)21-40(31(44)46-33(7,8)9)16-17-45-24-19-25(32(4,5)6)28-26(20-24)41(30(42)43)39-29(28)34(35,36)37/h13-15,18-20,27H,10-12,16-17,21,38H2,1-9H3,(H,42,43)/t27-/m0/s1. The van der Waals surface area contributed by atoms with Crippen molar-refractivity contribution in [1.29, 1.82) is 0 Å². The summed E-state index contributed by atoms with van der Waals surface area (Å²) in [5.74, 6) is 0.130. The van der Waals surface area contributed by atoms with Gasteiger partial charge in [0.25, 0.3) is 0 Å². The summed E-state index contributed by atoms with van der Waals surface area (Å²) < 4.78 is 61.0. The number of hydrogen-bond acceptors (Lipinski definition) is 7. The van der Waals surface area contributed by atoms with Crippen LogP contribution in [-0.4, -0.2) is 65.6 Å². The number of amides is 1. The number of halogens is 3. The van der Waals surface area contributed by atoms with Gasteiger partial charge in [-0.1, -0.05) is 53.7 Å². The van der Waals surface area contributed by atoms with E-state index in [1.165, 1.54) is 17.0 Å². The Morgan fingerprint density at radius 2 is 1.65 bits per heavy atom. The molecular weight excluding hydrogens is 645 g/mol. The zero-order valence-electron chi connectivity index (χ0n) is 29.3. The topological polar surface area (TPSA) is 129 Å². The SMILES string of the molecule is CC[Si](CC)(CC)O[C@@H](CN(CCOc1cc(C(C)(C)C)c2c(C(F)(F)F)nn(C(=O)O)c2c1)C(=O)OC(C)(C)C)c1cccc(N)c1. The molecule has 0 aliphatic carbocycles. The van der Waals surface area contributed by atoms with Crippen LogP contribution in [0.25, 0.3) is 10.9 Å². The van der Waals surface area contributed by atoms with Crippen LogP contribution in [0.4, 0.5) is 28.4 Å². The molecule has 0 aliphatic heterocycles. The second kappa shape index (κ2) is 14.8. The van der Waals surface area contributed by atoms with E-state index in [1.54, 1.807) is 47.6 Å². The van der Waals surface area contributed by atoms with Gasteiger partial charge >= 0.3 is 18.4 Å². The van der Waals surface area contributed by atoms with Crippen molar-refractivity contribution < 1.29 is 41.8 Å². The molecule has 0 fully saturated rings. The van der Waals surface area contributed by atoms with Crippen molar-refractivity contribution in [2.75, 3.05) is 25.4 Å². The number of nitrogens with two attached hydrogens (primary N) is 1. The predicted molar refractivity (Wildman–Crippen MR) is 182 cm³/mol. The van der Waals surface area contributed by atoms with E-state index in [1.807, 2.05) is 18.2 Å². The van der Waals surface area contributed by atoms with Crippen LogP contribution >= 0.6 is 0 Å². The fourth-order valence-corrected chi connectivity index (χ4v) is 8.38. The number of carboxylic acid groups (broad SMARTS) is 1. The quantitative estimate of drug-likeness (QED) is 0.142. The Morgan fingerprint density at radius 1 is 1.02 bits per heavy atom. The summed E-state index contributed by atoms with van der Waals surface area (Å²) in [6, 6.07) is 12.7. The number of benzene rings is 2. The maximum Gasteiger partial charge on any atom is 0.435 e. The molecule has 0 radical (unpaired) electrons. The summed E-state index contributed by atoms with van der Waals surface area (Å²) in [6.07, 6.45) is -7.65. The second-order valence-corrected chi connectivity index (χ2v) is 18.7. The summed E-state index contributed by atoms with van der Waals surface area (Å²) >= 11 is 0. The van der Waals surface area contributed by atoms with Gasteiger partial charge in [0.15, 0.2) is 14.0 Å². The van der Waals surface area contributed by atoms with Crippen LogP contribution < -0.4 is 10.5 Å². The molecule has 3 N–H and O–H groups in total. The van der Waals surface area contributed by atoms with Crippen LogP contribution in [0.2, 0.25) is 18.1 Å². The minimum absolute atomic E-state index is 0.0326. The first kappa shape index (κ1) is 38.7. The minimum Gasteiger partial charge on any atom is -0.492 e. The van der Waals surface area contributed by atoms with Gasteiger partial charge in [-0.25, -0.2) is 9.59 Å². The van der Waals surface area contributed by atoms with E-state index in [0.717, 1.165) is 23.7 Å². The molecule has 1 heterocycles. The zero-order chi connectivity index (χ0) is 36.2. The van der Waals surface area contributed by atoms with E-state index >= 15 is 0 Å². The van der Waals surface area contributed by atoms with Crippen LogP contribution in [0.1, 0.15) is 85.2 Å². The molecule has 10 nitrogen and oxygen atoms in total. The van der Waals surface area contributed by atoms with Crippen molar-refractivity contribution >= 4 is 37.1 Å². The highest BCUT2D eigenvalue weighted by atomic mass is 28.4. The molecule has 48 heavy (non-hydrogen) atoms. The normalized spacial score (nSPS) is 13.4. The monoisotopic (exact) mass is 694 g/mol. The number of anilines is 1. The molecular formula is C34H49F3N4O6Si. The molecule has 1 aromatic heterocycles. The molecule has 0 saturated carbocycles. The molecule has 1 atom stereocenters. The van der Waals surface area contributed by atoms with Crippen molar-refractivity contribution in [2.24, 2.45) is 0 Å². The molecule has 0 saturated heterocycles. The summed E-state index contributed by atoms with van der Waals surface area (Å²) in [4.78, 5) is 27.0. The van der Waals surface area contributed by atoms with E-state index in [9.17, 15) is 27.9 Å². The average molecular weight is 695 g/mol. The predicted octanol–water partition coefficient (Wildman–Crippen LogP) is 8.84. The lowest BCUT2D eigenvalue weighted by atomic mass is 9.84. The highest BCUT2D eigenvalue weighted by Gasteiger charge is 2.40. The molecule has 0 spiro atoms. The maximum absolute atomic E-state index is 14.0. The van der Waals surface area contributed by atoms with Crippen molar-refractivity contribution in [3.63, 3.8) is 0 Å². The molecule has 3 aromatic rings. The number of fused-ring (bicyclic) bond motifs is 1. The zero-order valence-corrected chi connectivity index (χ0v) is 30.3. The number of rotatable bonds is 12. The molecule has 2 aromatic carbocycles. The van der Waals surface area contributed by atoms with E-state index in [-0.39, 0.29) is 41.9 Å². The van der Waals surface area contributed by atoms with Gasteiger partial charge in [-0.2, -0.15) is 23.0 Å². The van der Waals surface area contributed by atoms with Gasteiger partial charge in [0.2, 0.25) is 0 Å². The number of nitrogen functional groups attached to an aromatic ring is 1. The smallest absolute Gasteiger partial charge is 0.435 e. The number of carbonyl (C=O) groups is 2. The highest BCUT2D eigenvalue weighted by Crippen LogP contribution is 2.41. The fourth-order valence-electron chi connectivity index (χ4n) is 5.57. The van der Waals surface area contributed by atoms with Gasteiger partial charge < -0.3 is 29.6 Å². The van der Waals surface area contributed by atoms with Crippen molar-refractivity contribution in [3.05, 3.63) is 53.2 Å². The fraction of sp³-hybridized carbons (Fsp3) is 0.559. The van der Waals surface area contributed by atoms with Crippen LogP contribution in [0.5, 0.6) is 5.75 Å². The van der Waals surface area contributed by atoms with Crippen molar-refractivity contribution in [1.82, 2.24) is 14.7 Å². The van der Waals surface area contributed by atoms with Crippen LogP contribution in [-0.2, 0) is 20.8 Å². The Labute approximate surface area is 281 Å². The molecule has 0 bridgehead atoms. The van der Waals surface area contributed by atoms with E-state index < -0.39 is 49.5 Å². The van der Waals surface area contributed by atoms with Gasteiger partial charge in [0.05, 0.1) is 24.7 Å². The van der Waals surface area contributed by atoms with Gasteiger partial charge in [-0.15, -0.1) is 0 Å². The molecule has 0 unspecified atom stereocenters. The van der Waals surface area contributed by atoms with E-state index in [0.29, 0.717) is 10.4 Å². The van der Waals surface area contributed by atoms with Crippen LogP contribution in [0.3, 0.4) is 0 Å². The largest absolute Gasteiger partial charge is 0.492 e. The molecule has 266 valence electrons. The van der Waals surface area contributed by atoms with Crippen LogP contribution in [0.15, 0.2) is 36.4 Å². The Hall–Kier alpha value is -3.78. The first-order valence-electron chi connectivity index (χ1n) is 16.2. The summed E-state index contributed by atoms with van der Waals surface area (Å²) in [5, 5.41) is 12.8. The third kappa shape index (κ3) is 9.43. The number of nitrogens with zero attached hydrogens (tertiary/aromatic N) is 3.